The van der Waals surface area contributed by atoms with E-state index in [1.54, 1.807) is 12.1 Å². The lowest BCUT2D eigenvalue weighted by Crippen LogP contribution is -2.58. The second kappa shape index (κ2) is 9.19. The van der Waals surface area contributed by atoms with Gasteiger partial charge in [-0.2, -0.15) is 0 Å². The summed E-state index contributed by atoms with van der Waals surface area (Å²) in [6.45, 7) is 4.35. The maximum absolute atomic E-state index is 13.1. The van der Waals surface area contributed by atoms with Gasteiger partial charge in [0.25, 0.3) is 0 Å². The number of carbonyl (C=O) groups is 2. The van der Waals surface area contributed by atoms with Crippen LogP contribution in [-0.4, -0.2) is 66.0 Å². The Balaban J connectivity index is 1.90. The summed E-state index contributed by atoms with van der Waals surface area (Å²) in [5.74, 6) is -1.59. The molecular formula is C18H27BFN3O4. The summed E-state index contributed by atoms with van der Waals surface area (Å²) in [5, 5.41) is 21.4. The molecule has 2 rings (SSSR count). The third-order valence-electron chi connectivity index (χ3n) is 4.65. The summed E-state index contributed by atoms with van der Waals surface area (Å²) >= 11 is 0. The minimum atomic E-state index is -1.65. The molecule has 148 valence electrons. The average molecular weight is 379 g/mol. The minimum Gasteiger partial charge on any atom is -0.426 e. The number of hydrogen-bond donors (Lipinski definition) is 3. The number of likely N-dealkylation sites (N-methyl/N-ethyl adjacent to an activating group) is 1. The molecule has 0 aliphatic carbocycles. The van der Waals surface area contributed by atoms with E-state index in [2.05, 4.69) is 5.32 Å². The van der Waals surface area contributed by atoms with Gasteiger partial charge in [-0.05, 0) is 43.0 Å². The molecular weight excluding hydrogens is 352 g/mol. The van der Waals surface area contributed by atoms with Gasteiger partial charge in [-0.25, -0.2) is 4.39 Å². The predicted molar refractivity (Wildman–Crippen MR) is 101 cm³/mol. The largest absolute Gasteiger partial charge is 0.475 e. The van der Waals surface area contributed by atoms with Gasteiger partial charge in [-0.3, -0.25) is 9.59 Å². The van der Waals surface area contributed by atoms with Crippen molar-refractivity contribution < 1.29 is 24.0 Å². The lowest BCUT2D eigenvalue weighted by atomic mass is 9.75. The van der Waals surface area contributed by atoms with Crippen molar-refractivity contribution in [3.05, 3.63) is 30.1 Å². The van der Waals surface area contributed by atoms with E-state index in [1.165, 1.54) is 24.1 Å². The molecule has 1 aliphatic heterocycles. The number of anilines is 1. The lowest BCUT2D eigenvalue weighted by molar-refractivity contribution is -0.136. The van der Waals surface area contributed by atoms with E-state index in [9.17, 15) is 24.0 Å². The molecule has 0 radical (unpaired) electrons. The monoisotopic (exact) mass is 379 g/mol. The van der Waals surface area contributed by atoms with Crippen LogP contribution in [0, 0.1) is 11.7 Å². The van der Waals surface area contributed by atoms with Gasteiger partial charge in [-0.1, -0.05) is 13.8 Å². The molecule has 1 aromatic carbocycles. The van der Waals surface area contributed by atoms with E-state index in [1.807, 2.05) is 18.7 Å². The van der Waals surface area contributed by atoms with Gasteiger partial charge in [0.2, 0.25) is 11.8 Å². The van der Waals surface area contributed by atoms with Crippen LogP contribution in [0.2, 0.25) is 0 Å². The molecule has 0 unspecified atom stereocenters. The number of halogens is 1. The van der Waals surface area contributed by atoms with E-state index >= 15 is 0 Å². The van der Waals surface area contributed by atoms with Crippen molar-refractivity contribution in [1.82, 2.24) is 10.2 Å². The second-order valence-corrected chi connectivity index (χ2v) is 7.39. The van der Waals surface area contributed by atoms with Gasteiger partial charge in [0.1, 0.15) is 11.9 Å². The van der Waals surface area contributed by atoms with Crippen LogP contribution in [-0.2, 0) is 9.59 Å². The Morgan fingerprint density at radius 1 is 1.33 bits per heavy atom. The van der Waals surface area contributed by atoms with Crippen molar-refractivity contribution in [2.24, 2.45) is 5.92 Å². The van der Waals surface area contributed by atoms with Crippen molar-refractivity contribution in [3.63, 3.8) is 0 Å². The smallest absolute Gasteiger partial charge is 0.426 e. The number of carbonyl (C=O) groups excluding carboxylic acids is 2. The van der Waals surface area contributed by atoms with Crippen LogP contribution in [0.3, 0.4) is 0 Å². The Labute approximate surface area is 159 Å². The van der Waals surface area contributed by atoms with Crippen molar-refractivity contribution in [1.29, 1.82) is 0 Å². The first kappa shape index (κ1) is 21.2. The molecule has 3 N–H and O–H groups in total. The van der Waals surface area contributed by atoms with Crippen LogP contribution in [0.15, 0.2) is 24.3 Å². The molecule has 7 nitrogen and oxygen atoms in total. The Hall–Kier alpha value is -2.13. The highest BCUT2D eigenvalue weighted by atomic mass is 19.1. The van der Waals surface area contributed by atoms with Crippen LogP contribution in [0.4, 0.5) is 10.1 Å². The molecule has 1 aliphatic rings. The first-order valence-corrected chi connectivity index (χ1v) is 9.11. The summed E-state index contributed by atoms with van der Waals surface area (Å²) in [4.78, 5) is 28.0. The van der Waals surface area contributed by atoms with Crippen LogP contribution in [0.25, 0.3) is 0 Å². The zero-order valence-corrected chi connectivity index (χ0v) is 15.9. The SMILES string of the molecule is CC(C)C[C@H](NC(=O)CN(C)C(=O)[C@@H]1CCN1c1ccc(F)cc1)B(O)O. The zero-order valence-electron chi connectivity index (χ0n) is 15.9. The molecule has 0 saturated carbocycles. The van der Waals surface area contributed by atoms with Gasteiger partial charge in [0.05, 0.1) is 12.5 Å². The van der Waals surface area contributed by atoms with Crippen molar-refractivity contribution in [3.8, 4) is 0 Å². The molecule has 1 heterocycles. The quantitative estimate of drug-likeness (QED) is 0.569. The fourth-order valence-electron chi connectivity index (χ4n) is 3.15. The lowest BCUT2D eigenvalue weighted by Gasteiger charge is -2.43. The van der Waals surface area contributed by atoms with Gasteiger partial charge >= 0.3 is 7.12 Å². The summed E-state index contributed by atoms with van der Waals surface area (Å²) in [7, 11) is -0.117. The van der Waals surface area contributed by atoms with E-state index in [-0.39, 0.29) is 30.2 Å². The molecule has 2 atom stereocenters. The molecule has 1 aromatic rings. The van der Waals surface area contributed by atoms with E-state index < -0.39 is 19.0 Å². The highest BCUT2D eigenvalue weighted by Crippen LogP contribution is 2.27. The predicted octanol–water partition coefficient (Wildman–Crippen LogP) is 0.406. The zero-order chi connectivity index (χ0) is 20.1. The third kappa shape index (κ3) is 5.67. The third-order valence-corrected chi connectivity index (χ3v) is 4.65. The molecule has 27 heavy (non-hydrogen) atoms. The maximum atomic E-state index is 13.1. The number of hydrogen-bond acceptors (Lipinski definition) is 5. The summed E-state index contributed by atoms with van der Waals surface area (Å²) in [5.41, 5.74) is 0.763. The number of nitrogens with zero attached hydrogens (tertiary/aromatic N) is 2. The minimum absolute atomic E-state index is 0.173. The average Bonchev–Trinajstić information content (AvgIpc) is 2.54. The molecule has 0 bridgehead atoms. The summed E-state index contributed by atoms with van der Waals surface area (Å²) < 4.78 is 13.1. The van der Waals surface area contributed by atoms with Crippen molar-refractivity contribution in [2.45, 2.75) is 38.7 Å². The number of nitrogens with one attached hydrogen (secondary N) is 1. The normalized spacial score (nSPS) is 17.3. The van der Waals surface area contributed by atoms with Crippen LogP contribution < -0.4 is 10.2 Å². The maximum Gasteiger partial charge on any atom is 0.475 e. The fraction of sp³-hybridized carbons (Fsp3) is 0.556. The Kier molecular flexibility index (Phi) is 7.21. The highest BCUT2D eigenvalue weighted by molar-refractivity contribution is 6.43. The van der Waals surface area contributed by atoms with Gasteiger partial charge in [0.15, 0.2) is 0 Å². The summed E-state index contributed by atoms with van der Waals surface area (Å²) in [6, 6.07) is 5.56. The number of benzene rings is 1. The van der Waals surface area contributed by atoms with Gasteiger partial charge in [-0.15, -0.1) is 0 Å². The Morgan fingerprint density at radius 2 is 1.96 bits per heavy atom. The summed E-state index contributed by atoms with van der Waals surface area (Å²) in [6.07, 6.45) is 1.08. The molecule has 1 fully saturated rings. The Morgan fingerprint density at radius 3 is 2.44 bits per heavy atom. The molecule has 0 aromatic heterocycles. The van der Waals surface area contributed by atoms with Gasteiger partial charge < -0.3 is 25.2 Å². The Bertz CT molecular complexity index is 657. The van der Waals surface area contributed by atoms with Crippen molar-refractivity contribution in [2.75, 3.05) is 25.0 Å². The van der Waals surface area contributed by atoms with Gasteiger partial charge in [0, 0.05) is 19.3 Å². The standard InChI is InChI=1S/C18H27BFN3O4/c1-12(2)10-16(19(26)27)21-17(24)11-22(3)18(25)15-8-9-23(15)14-6-4-13(20)5-7-14/h4-7,12,15-16,26-27H,8-11H2,1-3H3,(H,21,24)/t15-,16-/m0/s1. The molecule has 2 amide bonds. The first-order chi connectivity index (χ1) is 12.7. The highest BCUT2D eigenvalue weighted by Gasteiger charge is 2.36. The molecule has 9 heteroatoms. The number of rotatable bonds is 8. The molecule has 1 saturated heterocycles. The van der Waals surface area contributed by atoms with E-state index in [0.29, 0.717) is 19.4 Å². The number of amides is 2. The van der Waals surface area contributed by atoms with E-state index in [4.69, 9.17) is 0 Å². The van der Waals surface area contributed by atoms with Crippen LogP contribution in [0.1, 0.15) is 26.7 Å². The fourth-order valence-corrected chi connectivity index (χ4v) is 3.15. The van der Waals surface area contributed by atoms with Crippen LogP contribution >= 0.6 is 0 Å². The molecule has 0 spiro atoms. The van der Waals surface area contributed by atoms with Crippen molar-refractivity contribution >= 4 is 24.6 Å². The second-order valence-electron chi connectivity index (χ2n) is 7.39. The topological polar surface area (TPSA) is 93.1 Å². The first-order valence-electron chi connectivity index (χ1n) is 9.11. The van der Waals surface area contributed by atoms with E-state index in [0.717, 1.165) is 5.69 Å². The van der Waals surface area contributed by atoms with Crippen LogP contribution in [0.5, 0.6) is 0 Å².